The summed E-state index contributed by atoms with van der Waals surface area (Å²) in [6.07, 6.45) is 1.42. The van der Waals surface area contributed by atoms with E-state index in [4.69, 9.17) is 9.15 Å². The second-order valence-electron chi connectivity index (χ2n) is 6.74. The second kappa shape index (κ2) is 8.89. The van der Waals surface area contributed by atoms with Crippen molar-refractivity contribution < 1.29 is 13.9 Å². The fourth-order valence-corrected chi connectivity index (χ4v) is 3.06. The quantitative estimate of drug-likeness (QED) is 0.419. The molecule has 0 aliphatic heterocycles. The Balaban J connectivity index is 1.53. The van der Waals surface area contributed by atoms with Crippen LogP contribution in [0.25, 0.3) is 0 Å². The minimum absolute atomic E-state index is 0.118. The molecule has 0 aliphatic carbocycles. The minimum Gasteiger partial charge on any atom is -0.484 e. The van der Waals surface area contributed by atoms with Gasteiger partial charge in [0.05, 0.1) is 6.21 Å². The molecule has 0 atom stereocenters. The van der Waals surface area contributed by atoms with E-state index >= 15 is 0 Å². The number of carbonyl (C=O) groups is 1. The third kappa shape index (κ3) is 5.10. The molecule has 0 radical (unpaired) electrons. The number of amides is 1. The largest absolute Gasteiger partial charge is 0.484 e. The van der Waals surface area contributed by atoms with Crippen molar-refractivity contribution in [3.05, 3.63) is 88.3 Å². The van der Waals surface area contributed by atoms with Crippen molar-refractivity contribution in [2.45, 2.75) is 19.3 Å². The summed E-state index contributed by atoms with van der Waals surface area (Å²) in [6, 6.07) is 21.6. The summed E-state index contributed by atoms with van der Waals surface area (Å²) >= 11 is 3.20. The lowest BCUT2D eigenvalue weighted by molar-refractivity contribution is -0.123. The number of hydrogen-bond acceptors (Lipinski definition) is 4. The Hall–Kier alpha value is -2.86. The molecule has 1 aromatic heterocycles. The minimum atomic E-state index is -0.351. The van der Waals surface area contributed by atoms with Gasteiger partial charge in [-0.1, -0.05) is 56.3 Å². The van der Waals surface area contributed by atoms with Crippen molar-refractivity contribution in [1.82, 2.24) is 5.43 Å². The molecule has 0 unspecified atom stereocenters. The van der Waals surface area contributed by atoms with Crippen molar-refractivity contribution in [3.63, 3.8) is 0 Å². The molecule has 3 rings (SSSR count). The molecule has 144 valence electrons. The van der Waals surface area contributed by atoms with Crippen LogP contribution in [0.1, 0.15) is 30.7 Å². The topological polar surface area (TPSA) is 63.8 Å². The summed E-state index contributed by atoms with van der Waals surface area (Å²) in [4.78, 5) is 11.8. The van der Waals surface area contributed by atoms with E-state index in [1.807, 2.05) is 42.5 Å². The van der Waals surface area contributed by atoms with E-state index in [1.54, 1.807) is 12.1 Å². The van der Waals surface area contributed by atoms with Gasteiger partial charge in [0, 0.05) is 5.41 Å². The maximum Gasteiger partial charge on any atom is 0.277 e. The molecule has 6 heteroatoms. The predicted octanol–water partition coefficient (Wildman–Crippen LogP) is 4.90. The maximum atomic E-state index is 11.8. The fraction of sp³-hybridized carbons (Fsp3) is 0.182. The van der Waals surface area contributed by atoms with Crippen LogP contribution in [0.3, 0.4) is 0 Å². The van der Waals surface area contributed by atoms with Crippen molar-refractivity contribution >= 4 is 28.1 Å². The summed E-state index contributed by atoms with van der Waals surface area (Å²) < 4.78 is 11.4. The second-order valence-corrected chi connectivity index (χ2v) is 7.52. The van der Waals surface area contributed by atoms with E-state index in [9.17, 15) is 4.79 Å². The fourth-order valence-electron chi connectivity index (χ4n) is 2.74. The van der Waals surface area contributed by atoms with E-state index in [1.165, 1.54) is 17.3 Å². The van der Waals surface area contributed by atoms with Crippen LogP contribution < -0.4 is 10.2 Å². The van der Waals surface area contributed by atoms with Gasteiger partial charge >= 0.3 is 0 Å². The number of halogens is 1. The number of furan rings is 1. The lowest BCUT2D eigenvalue weighted by Crippen LogP contribution is -2.24. The van der Waals surface area contributed by atoms with Crippen molar-refractivity contribution in [2.24, 2.45) is 5.10 Å². The highest BCUT2D eigenvalue weighted by Gasteiger charge is 2.22. The summed E-state index contributed by atoms with van der Waals surface area (Å²) in [7, 11) is 0. The van der Waals surface area contributed by atoms with Gasteiger partial charge in [0.2, 0.25) is 0 Å². The number of nitrogens with zero attached hydrogens (tertiary/aromatic N) is 1. The molecule has 5 nitrogen and oxygen atoms in total. The first-order chi connectivity index (χ1) is 13.4. The van der Waals surface area contributed by atoms with Gasteiger partial charge in [0.25, 0.3) is 5.91 Å². The van der Waals surface area contributed by atoms with Gasteiger partial charge in [0.1, 0.15) is 11.5 Å². The Bertz CT molecular complexity index is 947. The number of hydrogen-bond donors (Lipinski definition) is 1. The standard InChI is InChI=1S/C22H21BrN2O3/c1-22(2,16-6-4-3-5-7-16)17-8-10-18(11-9-17)27-15-21(26)25-24-14-19-12-13-20(23)28-19/h3-14H,15H2,1-2H3,(H,25,26)/b24-14-. The Labute approximate surface area is 172 Å². The molecular formula is C22H21BrN2O3. The molecule has 0 spiro atoms. The van der Waals surface area contributed by atoms with E-state index in [0.717, 1.165) is 0 Å². The molecule has 0 aliphatic rings. The molecule has 28 heavy (non-hydrogen) atoms. The van der Waals surface area contributed by atoms with Crippen LogP contribution in [0.5, 0.6) is 5.75 Å². The lowest BCUT2D eigenvalue weighted by Gasteiger charge is -2.26. The highest BCUT2D eigenvalue weighted by Crippen LogP contribution is 2.32. The van der Waals surface area contributed by atoms with Gasteiger partial charge in [-0.2, -0.15) is 5.10 Å². The maximum absolute atomic E-state index is 11.8. The number of nitrogens with one attached hydrogen (secondary N) is 1. The Morgan fingerprint density at radius 3 is 2.39 bits per heavy atom. The average Bonchev–Trinajstić information content (AvgIpc) is 3.12. The van der Waals surface area contributed by atoms with Crippen LogP contribution in [-0.4, -0.2) is 18.7 Å². The molecule has 2 aromatic carbocycles. The summed E-state index contributed by atoms with van der Waals surface area (Å²) in [5.74, 6) is 0.807. The van der Waals surface area contributed by atoms with Crippen molar-refractivity contribution in [2.75, 3.05) is 6.61 Å². The number of carbonyl (C=O) groups excluding carboxylic acids is 1. The molecule has 1 heterocycles. The Morgan fingerprint density at radius 1 is 1.07 bits per heavy atom. The lowest BCUT2D eigenvalue weighted by atomic mass is 9.78. The molecule has 0 saturated heterocycles. The number of hydrazone groups is 1. The van der Waals surface area contributed by atoms with Crippen LogP contribution in [0.2, 0.25) is 0 Å². The zero-order valence-electron chi connectivity index (χ0n) is 15.7. The Kier molecular flexibility index (Phi) is 6.31. The van der Waals surface area contributed by atoms with E-state index in [0.29, 0.717) is 16.2 Å². The third-order valence-electron chi connectivity index (χ3n) is 4.42. The summed E-state index contributed by atoms with van der Waals surface area (Å²) in [5.41, 5.74) is 4.69. The van der Waals surface area contributed by atoms with E-state index in [-0.39, 0.29) is 17.9 Å². The zero-order chi connectivity index (χ0) is 20.0. The third-order valence-corrected chi connectivity index (χ3v) is 4.84. The van der Waals surface area contributed by atoms with Crippen LogP contribution in [0.4, 0.5) is 0 Å². The number of benzene rings is 2. The normalized spacial score (nSPS) is 11.5. The van der Waals surface area contributed by atoms with E-state index in [2.05, 4.69) is 52.4 Å². The first-order valence-corrected chi connectivity index (χ1v) is 9.60. The summed E-state index contributed by atoms with van der Waals surface area (Å²) in [5, 5.41) is 3.83. The van der Waals surface area contributed by atoms with Crippen molar-refractivity contribution in [1.29, 1.82) is 0 Å². The summed E-state index contributed by atoms with van der Waals surface area (Å²) in [6.45, 7) is 4.24. The van der Waals surface area contributed by atoms with Crippen LogP contribution in [0.15, 0.2) is 80.9 Å². The Morgan fingerprint density at radius 2 is 1.75 bits per heavy atom. The van der Waals surface area contributed by atoms with Gasteiger partial charge in [-0.25, -0.2) is 5.43 Å². The molecule has 0 bridgehead atoms. The van der Waals surface area contributed by atoms with Gasteiger partial charge in [-0.15, -0.1) is 0 Å². The van der Waals surface area contributed by atoms with Crippen molar-refractivity contribution in [3.8, 4) is 5.75 Å². The molecule has 3 aromatic rings. The van der Waals surface area contributed by atoms with E-state index < -0.39 is 0 Å². The van der Waals surface area contributed by atoms with Gasteiger partial charge in [-0.05, 0) is 51.3 Å². The van der Waals surface area contributed by atoms with Crippen LogP contribution >= 0.6 is 15.9 Å². The molecule has 1 N–H and O–H groups in total. The highest BCUT2D eigenvalue weighted by molar-refractivity contribution is 9.10. The molecule has 1 amide bonds. The van der Waals surface area contributed by atoms with Crippen LogP contribution in [-0.2, 0) is 10.2 Å². The highest BCUT2D eigenvalue weighted by atomic mass is 79.9. The molecular weight excluding hydrogens is 420 g/mol. The van der Waals surface area contributed by atoms with Gasteiger partial charge in [-0.3, -0.25) is 4.79 Å². The first-order valence-electron chi connectivity index (χ1n) is 8.81. The SMILES string of the molecule is CC(C)(c1ccccc1)c1ccc(OCC(=O)N/N=C\c2ccc(Br)o2)cc1. The monoisotopic (exact) mass is 440 g/mol. The predicted molar refractivity (Wildman–Crippen MR) is 113 cm³/mol. The zero-order valence-corrected chi connectivity index (χ0v) is 17.3. The van der Waals surface area contributed by atoms with Crippen LogP contribution in [0, 0.1) is 0 Å². The number of rotatable bonds is 7. The molecule has 0 saturated carbocycles. The molecule has 0 fully saturated rings. The average molecular weight is 441 g/mol. The number of ether oxygens (including phenoxy) is 1. The first kappa shape index (κ1) is 19.9. The van der Waals surface area contributed by atoms with Gasteiger partial charge < -0.3 is 9.15 Å². The van der Waals surface area contributed by atoms with Gasteiger partial charge in [0.15, 0.2) is 11.3 Å². The smallest absolute Gasteiger partial charge is 0.277 e.